The molecule has 1 aliphatic rings. The second-order valence-corrected chi connectivity index (χ2v) is 4.62. The number of rotatable bonds is 3. The second kappa shape index (κ2) is 4.73. The molecule has 0 aliphatic heterocycles. The number of hydrogen-bond donors (Lipinski definition) is 1. The molecule has 0 saturated heterocycles. The number of carbonyl (C=O) groups excluding carboxylic acids is 1. The molecule has 1 aromatic heterocycles. The number of amides is 1. The van der Waals surface area contributed by atoms with E-state index in [0.29, 0.717) is 11.6 Å². The number of aromatic nitrogens is 1. The van der Waals surface area contributed by atoms with E-state index in [9.17, 15) is 4.79 Å². The molecule has 4 nitrogen and oxygen atoms in total. The van der Waals surface area contributed by atoms with Crippen LogP contribution in [0.3, 0.4) is 0 Å². The lowest BCUT2D eigenvalue weighted by atomic mass is 9.91. The molecule has 1 aromatic rings. The maximum absolute atomic E-state index is 12.3. The molecule has 0 atom stereocenters. The first-order valence-electron chi connectivity index (χ1n) is 6.05. The van der Waals surface area contributed by atoms with Crippen molar-refractivity contribution in [3.05, 3.63) is 23.5 Å². The lowest BCUT2D eigenvalue weighted by Gasteiger charge is -2.35. The van der Waals surface area contributed by atoms with E-state index < -0.39 is 0 Å². The Morgan fingerprint density at radius 3 is 2.76 bits per heavy atom. The van der Waals surface area contributed by atoms with Crippen LogP contribution in [0.1, 0.15) is 35.3 Å². The van der Waals surface area contributed by atoms with Crippen LogP contribution in [0.15, 0.2) is 12.3 Å². The van der Waals surface area contributed by atoms with Gasteiger partial charge in [-0.1, -0.05) is 0 Å². The van der Waals surface area contributed by atoms with Crippen LogP contribution in [0, 0.1) is 6.92 Å². The van der Waals surface area contributed by atoms with Gasteiger partial charge in [-0.25, -0.2) is 0 Å². The third kappa shape index (κ3) is 2.25. The van der Waals surface area contributed by atoms with Crippen molar-refractivity contribution in [2.45, 2.75) is 32.2 Å². The number of carbonyl (C=O) groups is 1. The number of hydrogen-bond acceptors (Lipinski definition) is 3. The van der Waals surface area contributed by atoms with Crippen molar-refractivity contribution in [3.63, 3.8) is 0 Å². The van der Waals surface area contributed by atoms with Crippen molar-refractivity contribution in [1.82, 2.24) is 9.88 Å². The lowest BCUT2D eigenvalue weighted by Crippen LogP contribution is -2.41. The number of nitrogens with one attached hydrogen (secondary N) is 1. The molecule has 0 unspecified atom stereocenters. The fourth-order valence-corrected chi connectivity index (χ4v) is 2.07. The van der Waals surface area contributed by atoms with Crippen LogP contribution < -0.4 is 5.32 Å². The first-order chi connectivity index (χ1) is 8.13. The van der Waals surface area contributed by atoms with E-state index in [2.05, 4.69) is 10.3 Å². The Balaban J connectivity index is 2.23. The zero-order chi connectivity index (χ0) is 12.4. The largest absolute Gasteiger partial charge is 0.387 e. The average Bonchev–Trinajstić information content (AvgIpc) is 2.25. The van der Waals surface area contributed by atoms with Gasteiger partial charge < -0.3 is 10.2 Å². The second-order valence-electron chi connectivity index (χ2n) is 4.62. The smallest absolute Gasteiger partial charge is 0.257 e. The van der Waals surface area contributed by atoms with Gasteiger partial charge in [-0.2, -0.15) is 0 Å². The van der Waals surface area contributed by atoms with Gasteiger partial charge in [0.2, 0.25) is 0 Å². The summed E-state index contributed by atoms with van der Waals surface area (Å²) in [7, 11) is 3.71. The van der Waals surface area contributed by atoms with Crippen LogP contribution in [0.5, 0.6) is 0 Å². The molecule has 1 aliphatic carbocycles. The van der Waals surface area contributed by atoms with Gasteiger partial charge in [0.1, 0.15) is 0 Å². The van der Waals surface area contributed by atoms with E-state index in [0.717, 1.165) is 24.2 Å². The standard InChI is InChI=1S/C13H19N3O/c1-9-7-12(14-2)11(8-15-9)13(17)16(3)10-5-4-6-10/h7-8,10H,4-6H2,1-3H3,(H,14,15). The molecule has 1 heterocycles. The van der Waals surface area contributed by atoms with Gasteiger partial charge in [0.15, 0.2) is 0 Å². The lowest BCUT2D eigenvalue weighted by molar-refractivity contribution is 0.0652. The number of nitrogens with zero attached hydrogens (tertiary/aromatic N) is 2. The molecule has 17 heavy (non-hydrogen) atoms. The highest BCUT2D eigenvalue weighted by Crippen LogP contribution is 2.26. The number of anilines is 1. The molecule has 2 rings (SSSR count). The van der Waals surface area contributed by atoms with E-state index in [4.69, 9.17) is 0 Å². The van der Waals surface area contributed by atoms with Crippen molar-refractivity contribution >= 4 is 11.6 Å². The summed E-state index contributed by atoms with van der Waals surface area (Å²) in [4.78, 5) is 18.4. The summed E-state index contributed by atoms with van der Waals surface area (Å²) in [5.41, 5.74) is 2.43. The van der Waals surface area contributed by atoms with Gasteiger partial charge in [-0.15, -0.1) is 0 Å². The average molecular weight is 233 g/mol. The van der Waals surface area contributed by atoms with Crippen molar-refractivity contribution in [2.75, 3.05) is 19.4 Å². The van der Waals surface area contributed by atoms with E-state index >= 15 is 0 Å². The molecule has 0 aromatic carbocycles. The van der Waals surface area contributed by atoms with Crippen molar-refractivity contribution in [3.8, 4) is 0 Å². The van der Waals surface area contributed by atoms with Gasteiger partial charge in [-0.3, -0.25) is 9.78 Å². The van der Waals surface area contributed by atoms with E-state index in [1.54, 1.807) is 6.20 Å². The van der Waals surface area contributed by atoms with Crippen LogP contribution >= 0.6 is 0 Å². The Bertz CT molecular complexity index is 427. The van der Waals surface area contributed by atoms with Crippen LogP contribution in [0.25, 0.3) is 0 Å². The summed E-state index contributed by atoms with van der Waals surface area (Å²) in [5.74, 6) is 0.0616. The Hall–Kier alpha value is -1.58. The molecule has 0 spiro atoms. The van der Waals surface area contributed by atoms with Crippen LogP contribution in [0.2, 0.25) is 0 Å². The summed E-state index contributed by atoms with van der Waals surface area (Å²) >= 11 is 0. The molecule has 92 valence electrons. The predicted molar refractivity (Wildman–Crippen MR) is 68.3 cm³/mol. The quantitative estimate of drug-likeness (QED) is 0.869. The summed E-state index contributed by atoms with van der Waals surface area (Å²) in [6.07, 6.45) is 5.14. The summed E-state index contributed by atoms with van der Waals surface area (Å²) in [6, 6.07) is 2.32. The Morgan fingerprint density at radius 2 is 2.24 bits per heavy atom. The molecule has 1 N–H and O–H groups in total. The maximum Gasteiger partial charge on any atom is 0.257 e. The third-order valence-electron chi connectivity index (χ3n) is 3.48. The summed E-state index contributed by atoms with van der Waals surface area (Å²) in [6.45, 7) is 1.92. The third-order valence-corrected chi connectivity index (χ3v) is 3.48. The number of pyridine rings is 1. The molecular weight excluding hydrogens is 214 g/mol. The minimum atomic E-state index is 0.0616. The van der Waals surface area contributed by atoms with Crippen LogP contribution in [-0.2, 0) is 0 Å². The molecule has 1 saturated carbocycles. The molecule has 0 radical (unpaired) electrons. The van der Waals surface area contributed by atoms with Gasteiger partial charge in [0.25, 0.3) is 5.91 Å². The highest BCUT2D eigenvalue weighted by Gasteiger charge is 2.27. The molecule has 1 amide bonds. The monoisotopic (exact) mass is 233 g/mol. The topological polar surface area (TPSA) is 45.2 Å². The van der Waals surface area contributed by atoms with E-state index in [-0.39, 0.29) is 5.91 Å². The minimum absolute atomic E-state index is 0.0616. The summed E-state index contributed by atoms with van der Waals surface area (Å²) < 4.78 is 0. The van der Waals surface area contributed by atoms with Gasteiger partial charge in [-0.05, 0) is 32.3 Å². The van der Waals surface area contributed by atoms with Gasteiger partial charge in [0, 0.05) is 32.0 Å². The first-order valence-corrected chi connectivity index (χ1v) is 6.05. The zero-order valence-electron chi connectivity index (χ0n) is 10.7. The first kappa shape index (κ1) is 11.9. The van der Waals surface area contributed by atoms with Crippen LogP contribution in [0.4, 0.5) is 5.69 Å². The SMILES string of the molecule is CNc1cc(C)ncc1C(=O)N(C)C1CCC1. The zero-order valence-corrected chi connectivity index (χ0v) is 10.7. The maximum atomic E-state index is 12.3. The van der Waals surface area contributed by atoms with Crippen LogP contribution in [-0.4, -0.2) is 35.9 Å². The summed E-state index contributed by atoms with van der Waals surface area (Å²) in [5, 5.41) is 3.06. The Kier molecular flexibility index (Phi) is 3.31. The number of aryl methyl sites for hydroxylation is 1. The van der Waals surface area contributed by atoms with Crippen molar-refractivity contribution in [1.29, 1.82) is 0 Å². The molecule has 1 fully saturated rings. The highest BCUT2D eigenvalue weighted by molar-refractivity contribution is 5.99. The van der Waals surface area contributed by atoms with E-state index in [1.165, 1.54) is 6.42 Å². The fraction of sp³-hybridized carbons (Fsp3) is 0.538. The van der Waals surface area contributed by atoms with Crippen molar-refractivity contribution in [2.24, 2.45) is 0 Å². The van der Waals surface area contributed by atoms with Gasteiger partial charge >= 0.3 is 0 Å². The normalized spacial score (nSPS) is 15.2. The predicted octanol–water partition coefficient (Wildman–Crippen LogP) is 2.06. The Labute approximate surface area is 102 Å². The molecule has 0 bridgehead atoms. The van der Waals surface area contributed by atoms with Crippen molar-refractivity contribution < 1.29 is 4.79 Å². The van der Waals surface area contributed by atoms with E-state index in [1.807, 2.05) is 32.0 Å². The minimum Gasteiger partial charge on any atom is -0.387 e. The molecule has 4 heteroatoms. The highest BCUT2D eigenvalue weighted by atomic mass is 16.2. The van der Waals surface area contributed by atoms with Gasteiger partial charge in [0.05, 0.1) is 11.3 Å². The fourth-order valence-electron chi connectivity index (χ4n) is 2.07. The Morgan fingerprint density at radius 1 is 1.53 bits per heavy atom. The molecular formula is C13H19N3O.